The summed E-state index contributed by atoms with van der Waals surface area (Å²) in [4.78, 5) is 10.9. The van der Waals surface area contributed by atoms with E-state index in [1.807, 2.05) is 54.6 Å². The number of aliphatic hydroxyl groups excluding tert-OH is 2. The third-order valence-electron chi connectivity index (χ3n) is 5.82. The molecule has 30 heavy (non-hydrogen) atoms. The molecule has 0 spiro atoms. The van der Waals surface area contributed by atoms with Crippen LogP contribution in [-0.4, -0.2) is 46.2 Å². The summed E-state index contributed by atoms with van der Waals surface area (Å²) in [5, 5.41) is 29.8. The number of rotatable bonds is 8. The molecule has 1 aliphatic carbocycles. The van der Waals surface area contributed by atoms with E-state index in [0.717, 1.165) is 16.9 Å². The highest BCUT2D eigenvalue weighted by molar-refractivity contribution is 5.67. The number of aliphatic carboxylic acids is 1. The number of ether oxygens (including phenoxy) is 2. The number of aliphatic hydroxyl groups is 2. The zero-order valence-corrected chi connectivity index (χ0v) is 16.6. The fraction of sp³-hybridized carbons (Fsp3) is 0.375. The number of hydrogen-bond acceptors (Lipinski definition) is 5. The van der Waals surface area contributed by atoms with Gasteiger partial charge in [-0.3, -0.25) is 4.79 Å². The number of carbonyl (C=O) groups is 1. The Morgan fingerprint density at radius 2 is 2.00 bits per heavy atom. The molecule has 2 aromatic carbocycles. The van der Waals surface area contributed by atoms with Crippen LogP contribution in [0, 0.1) is 5.92 Å². The van der Waals surface area contributed by atoms with Gasteiger partial charge < -0.3 is 24.8 Å². The smallest absolute Gasteiger partial charge is 0.303 e. The van der Waals surface area contributed by atoms with E-state index in [9.17, 15) is 15.0 Å². The first-order chi connectivity index (χ1) is 14.5. The zero-order chi connectivity index (χ0) is 21.1. The summed E-state index contributed by atoms with van der Waals surface area (Å²) < 4.78 is 11.7. The van der Waals surface area contributed by atoms with Crippen LogP contribution in [0.3, 0.4) is 0 Å². The predicted molar refractivity (Wildman–Crippen MR) is 111 cm³/mol. The highest BCUT2D eigenvalue weighted by atomic mass is 16.5. The third-order valence-corrected chi connectivity index (χ3v) is 5.82. The minimum Gasteiger partial charge on any atom is -0.491 e. The Kier molecular flexibility index (Phi) is 6.06. The molecule has 1 saturated carbocycles. The fourth-order valence-electron chi connectivity index (χ4n) is 4.42. The van der Waals surface area contributed by atoms with E-state index in [2.05, 4.69) is 0 Å². The molecule has 0 amide bonds. The van der Waals surface area contributed by atoms with Gasteiger partial charge in [-0.1, -0.05) is 48.6 Å². The Labute approximate surface area is 175 Å². The average Bonchev–Trinajstić information content (AvgIpc) is 3.24. The largest absolute Gasteiger partial charge is 0.491 e. The molecule has 2 aromatic rings. The molecule has 6 heteroatoms. The second kappa shape index (κ2) is 8.90. The van der Waals surface area contributed by atoms with Crippen molar-refractivity contribution in [2.45, 2.75) is 43.5 Å². The topological polar surface area (TPSA) is 96.2 Å². The van der Waals surface area contributed by atoms with Crippen LogP contribution in [0.4, 0.5) is 0 Å². The van der Waals surface area contributed by atoms with Gasteiger partial charge in [0.05, 0.1) is 6.10 Å². The van der Waals surface area contributed by atoms with Crippen molar-refractivity contribution < 1.29 is 29.6 Å². The Hall–Kier alpha value is -2.83. The van der Waals surface area contributed by atoms with Crippen LogP contribution in [0.25, 0.3) is 0 Å². The van der Waals surface area contributed by atoms with E-state index in [1.54, 1.807) is 6.08 Å². The zero-order valence-electron chi connectivity index (χ0n) is 16.6. The Bertz CT molecular complexity index is 909. The normalized spacial score (nSPS) is 25.5. The monoisotopic (exact) mass is 410 g/mol. The fourth-order valence-corrected chi connectivity index (χ4v) is 4.42. The van der Waals surface area contributed by atoms with Crippen LogP contribution in [0.1, 0.15) is 29.9 Å². The SMILES string of the molecule is O=C(O)CCc1cccc2c1OC1CC(O)[C@H](/C=C/C(O)COc3ccccc3)C21. The van der Waals surface area contributed by atoms with Crippen molar-refractivity contribution in [1.82, 2.24) is 0 Å². The Morgan fingerprint density at radius 3 is 2.77 bits per heavy atom. The first-order valence-electron chi connectivity index (χ1n) is 10.3. The molecule has 0 aromatic heterocycles. The van der Waals surface area contributed by atoms with Crippen LogP contribution in [0.15, 0.2) is 60.7 Å². The summed E-state index contributed by atoms with van der Waals surface area (Å²) in [6, 6.07) is 15.1. The molecule has 158 valence electrons. The van der Waals surface area contributed by atoms with E-state index in [-0.39, 0.29) is 31.0 Å². The minimum absolute atomic E-state index is 0.0155. The van der Waals surface area contributed by atoms with Gasteiger partial charge in [0, 0.05) is 30.2 Å². The summed E-state index contributed by atoms with van der Waals surface area (Å²) in [5.74, 6) is 0.411. The van der Waals surface area contributed by atoms with E-state index in [0.29, 0.717) is 18.6 Å². The first kappa shape index (κ1) is 20.4. The van der Waals surface area contributed by atoms with Crippen molar-refractivity contribution in [3.05, 3.63) is 71.8 Å². The van der Waals surface area contributed by atoms with Crippen LogP contribution >= 0.6 is 0 Å². The number of hydrogen-bond donors (Lipinski definition) is 3. The quantitative estimate of drug-likeness (QED) is 0.579. The third kappa shape index (κ3) is 4.35. The van der Waals surface area contributed by atoms with E-state index in [4.69, 9.17) is 14.6 Å². The van der Waals surface area contributed by atoms with Gasteiger partial charge in [-0.15, -0.1) is 0 Å². The summed E-state index contributed by atoms with van der Waals surface area (Å²) in [7, 11) is 0. The number of carboxylic acids is 1. The van der Waals surface area contributed by atoms with E-state index >= 15 is 0 Å². The van der Waals surface area contributed by atoms with Crippen molar-refractivity contribution in [3.8, 4) is 11.5 Å². The predicted octanol–water partition coefficient (Wildman–Crippen LogP) is 2.93. The standard InChI is InChI=1S/C24H26O6/c25-16(14-29-17-6-2-1-3-7-17)10-11-18-20(26)13-21-23(18)19-8-4-5-15(24(19)30-21)9-12-22(27)28/h1-8,10-11,16,18,20-21,23,25-26H,9,12-14H2,(H,27,28)/b11-10+/t16?,18-,20?,21?,23?/m0/s1. The lowest BCUT2D eigenvalue weighted by Gasteiger charge is -2.18. The van der Waals surface area contributed by atoms with Gasteiger partial charge in [-0.2, -0.15) is 0 Å². The van der Waals surface area contributed by atoms with Gasteiger partial charge in [-0.25, -0.2) is 0 Å². The summed E-state index contributed by atoms with van der Waals surface area (Å²) in [6.45, 7) is 0.129. The Morgan fingerprint density at radius 1 is 1.20 bits per heavy atom. The molecule has 0 saturated heterocycles. The molecule has 5 atom stereocenters. The molecule has 1 aliphatic heterocycles. The lowest BCUT2D eigenvalue weighted by Crippen LogP contribution is -2.19. The molecular formula is C24H26O6. The first-order valence-corrected chi connectivity index (χ1v) is 10.3. The number of benzene rings is 2. The molecule has 0 radical (unpaired) electrons. The number of para-hydroxylation sites is 2. The molecule has 3 N–H and O–H groups in total. The number of aryl methyl sites for hydroxylation is 1. The van der Waals surface area contributed by atoms with Crippen molar-refractivity contribution in [2.75, 3.05) is 6.61 Å². The number of fused-ring (bicyclic) bond motifs is 3. The van der Waals surface area contributed by atoms with Crippen LogP contribution in [0.5, 0.6) is 11.5 Å². The highest BCUT2D eigenvalue weighted by Crippen LogP contribution is 2.52. The molecule has 6 nitrogen and oxygen atoms in total. The second-order valence-corrected chi connectivity index (χ2v) is 7.87. The van der Waals surface area contributed by atoms with Crippen LogP contribution in [0.2, 0.25) is 0 Å². The second-order valence-electron chi connectivity index (χ2n) is 7.87. The average molecular weight is 410 g/mol. The molecule has 1 heterocycles. The molecule has 0 bridgehead atoms. The number of carboxylic acid groups (broad SMARTS) is 1. The van der Waals surface area contributed by atoms with Gasteiger partial charge in [0.15, 0.2) is 0 Å². The Balaban J connectivity index is 1.45. The molecule has 2 aliphatic rings. The molecular weight excluding hydrogens is 384 g/mol. The van der Waals surface area contributed by atoms with Crippen LogP contribution < -0.4 is 9.47 Å². The van der Waals surface area contributed by atoms with Crippen molar-refractivity contribution in [3.63, 3.8) is 0 Å². The van der Waals surface area contributed by atoms with Gasteiger partial charge in [-0.05, 0) is 24.1 Å². The summed E-state index contributed by atoms with van der Waals surface area (Å²) in [6.07, 6.45) is 3.00. The molecule has 4 unspecified atom stereocenters. The van der Waals surface area contributed by atoms with Crippen molar-refractivity contribution in [2.24, 2.45) is 5.92 Å². The summed E-state index contributed by atoms with van der Waals surface area (Å²) >= 11 is 0. The van der Waals surface area contributed by atoms with Gasteiger partial charge in [0.1, 0.15) is 30.3 Å². The van der Waals surface area contributed by atoms with Crippen molar-refractivity contribution >= 4 is 5.97 Å². The maximum Gasteiger partial charge on any atom is 0.303 e. The van der Waals surface area contributed by atoms with Gasteiger partial charge in [0.25, 0.3) is 0 Å². The summed E-state index contributed by atoms with van der Waals surface area (Å²) in [5.41, 5.74) is 1.89. The maximum atomic E-state index is 10.9. The van der Waals surface area contributed by atoms with Gasteiger partial charge in [0.2, 0.25) is 0 Å². The lowest BCUT2D eigenvalue weighted by atomic mass is 9.86. The lowest BCUT2D eigenvalue weighted by molar-refractivity contribution is -0.136. The highest BCUT2D eigenvalue weighted by Gasteiger charge is 2.48. The van der Waals surface area contributed by atoms with Gasteiger partial charge >= 0.3 is 5.97 Å². The molecule has 4 rings (SSSR count). The van der Waals surface area contributed by atoms with Crippen LogP contribution in [-0.2, 0) is 11.2 Å². The minimum atomic E-state index is -0.839. The van der Waals surface area contributed by atoms with Crippen molar-refractivity contribution in [1.29, 1.82) is 0 Å². The van der Waals surface area contributed by atoms with E-state index < -0.39 is 18.2 Å². The van der Waals surface area contributed by atoms with E-state index in [1.165, 1.54) is 0 Å². The maximum absolute atomic E-state index is 10.9. The molecule has 1 fully saturated rings.